The molecule has 9 nitrogen and oxygen atoms in total. The number of nitrogens with zero attached hydrogens (tertiary/aromatic N) is 7. The van der Waals surface area contributed by atoms with Gasteiger partial charge in [-0.15, -0.1) is 12.4 Å². The number of imidazole rings is 1. The first-order valence-corrected chi connectivity index (χ1v) is 13.1. The van der Waals surface area contributed by atoms with E-state index in [-0.39, 0.29) is 24.3 Å². The largest absolute Gasteiger partial charge is 0.356 e. The highest BCUT2D eigenvalue weighted by Crippen LogP contribution is 2.31. The molecule has 39 heavy (non-hydrogen) atoms. The summed E-state index contributed by atoms with van der Waals surface area (Å²) in [5.74, 6) is 0.362. The normalized spacial score (nSPS) is 13.1. The van der Waals surface area contributed by atoms with Crippen LogP contribution in [0, 0.1) is 17.1 Å². The third-order valence-corrected chi connectivity index (χ3v) is 7.47. The number of nitrogens with one attached hydrogen (secondary N) is 1. The molecule has 1 saturated heterocycles. The molecular formula is C27H25ClFN9S. The van der Waals surface area contributed by atoms with Gasteiger partial charge in [-0.25, -0.2) is 24.3 Å². The molecule has 0 spiro atoms. The van der Waals surface area contributed by atoms with Crippen molar-refractivity contribution in [1.82, 2.24) is 24.3 Å². The minimum atomic E-state index is -0.330. The van der Waals surface area contributed by atoms with Crippen molar-refractivity contribution in [3.8, 4) is 28.5 Å². The highest BCUT2D eigenvalue weighted by molar-refractivity contribution is 7.16. The Morgan fingerprint density at radius 3 is 2.46 bits per heavy atom. The second-order valence-electron chi connectivity index (χ2n) is 9.11. The van der Waals surface area contributed by atoms with Crippen LogP contribution in [-0.4, -0.2) is 43.5 Å². The number of aryl methyl sites for hydroxylation is 1. The van der Waals surface area contributed by atoms with Crippen LogP contribution >= 0.6 is 23.7 Å². The van der Waals surface area contributed by atoms with Crippen LogP contribution in [0.2, 0.25) is 0 Å². The molecule has 5 heterocycles. The van der Waals surface area contributed by atoms with Gasteiger partial charge in [0, 0.05) is 54.4 Å². The van der Waals surface area contributed by atoms with Gasteiger partial charge in [-0.2, -0.15) is 5.26 Å². The summed E-state index contributed by atoms with van der Waals surface area (Å²) in [5.41, 5.74) is 11.8. The van der Waals surface area contributed by atoms with Crippen molar-refractivity contribution >= 4 is 40.5 Å². The van der Waals surface area contributed by atoms with Gasteiger partial charge >= 0.3 is 0 Å². The van der Waals surface area contributed by atoms with Gasteiger partial charge in [-0.05, 0) is 42.8 Å². The van der Waals surface area contributed by atoms with Crippen LogP contribution in [0.15, 0.2) is 55.0 Å². The van der Waals surface area contributed by atoms with E-state index in [4.69, 9.17) is 10.7 Å². The number of benzene rings is 1. The number of rotatable bonds is 7. The van der Waals surface area contributed by atoms with Gasteiger partial charge in [0.25, 0.3) is 0 Å². The van der Waals surface area contributed by atoms with Crippen molar-refractivity contribution in [2.24, 2.45) is 5.73 Å². The molecule has 1 aliphatic rings. The Kier molecular flexibility index (Phi) is 7.43. The highest BCUT2D eigenvalue weighted by Gasteiger charge is 2.25. The number of halogens is 2. The minimum absolute atomic E-state index is 0. The number of aromatic nitrogens is 5. The molecule has 0 unspecified atom stereocenters. The maximum atomic E-state index is 13.4. The summed E-state index contributed by atoms with van der Waals surface area (Å²) < 4.78 is 15.4. The Labute approximate surface area is 234 Å². The quantitative estimate of drug-likeness (QED) is 0.294. The maximum Gasteiger partial charge on any atom is 0.225 e. The van der Waals surface area contributed by atoms with E-state index >= 15 is 0 Å². The lowest BCUT2D eigenvalue weighted by atomic mass is 10.1. The van der Waals surface area contributed by atoms with Gasteiger partial charge in [0.05, 0.1) is 17.9 Å². The second kappa shape index (κ2) is 10.9. The number of fused-ring (bicyclic) bond motifs is 1. The summed E-state index contributed by atoms with van der Waals surface area (Å²) in [6.45, 7) is 4.09. The standard InChI is InChI=1S/C27H24FN9S.ClH/c1-2-21-22(12-33-27-35-25(23(9-29)38-27)16-3-6-19(28)7-4-16)37-13-17(5-8-24(37)34-21)18-10-31-26(32-11-18)36-14-20(30)15-36;/h3-8,10-11,13,20H,2,12,14-15,30H2,1H3,(H,33,35);1H. The van der Waals surface area contributed by atoms with Gasteiger partial charge in [0.15, 0.2) is 5.13 Å². The van der Waals surface area contributed by atoms with E-state index in [9.17, 15) is 9.65 Å². The van der Waals surface area contributed by atoms with Crippen molar-refractivity contribution in [3.05, 3.63) is 77.1 Å². The number of hydrogen-bond donors (Lipinski definition) is 2. The molecule has 1 aromatic carbocycles. The first kappa shape index (κ1) is 26.5. The molecule has 0 atom stereocenters. The molecule has 5 aromatic rings. The average molecular weight is 562 g/mol. The van der Waals surface area contributed by atoms with Crippen LogP contribution in [0.25, 0.3) is 28.0 Å². The summed E-state index contributed by atoms with van der Waals surface area (Å²) >= 11 is 1.27. The lowest BCUT2D eigenvalue weighted by Crippen LogP contribution is -2.56. The topological polar surface area (TPSA) is 121 Å². The third-order valence-electron chi connectivity index (χ3n) is 6.55. The van der Waals surface area contributed by atoms with Crippen molar-refractivity contribution < 1.29 is 4.39 Å². The SMILES string of the molecule is CCc1nc2ccc(-c3cnc(N4CC(N)C4)nc3)cn2c1CNc1nc(-c2ccc(F)cc2)c(C#N)s1.Cl. The molecule has 0 saturated carbocycles. The molecule has 0 amide bonds. The monoisotopic (exact) mass is 561 g/mol. The van der Waals surface area contributed by atoms with Crippen LogP contribution in [0.5, 0.6) is 0 Å². The molecule has 6 rings (SSSR count). The van der Waals surface area contributed by atoms with E-state index in [1.54, 1.807) is 12.1 Å². The molecule has 1 aliphatic heterocycles. The van der Waals surface area contributed by atoms with Crippen molar-refractivity contribution in [2.75, 3.05) is 23.3 Å². The summed E-state index contributed by atoms with van der Waals surface area (Å²) in [7, 11) is 0. The second-order valence-corrected chi connectivity index (χ2v) is 10.1. The minimum Gasteiger partial charge on any atom is -0.356 e. The van der Waals surface area contributed by atoms with Crippen molar-refractivity contribution in [2.45, 2.75) is 25.9 Å². The van der Waals surface area contributed by atoms with E-state index in [1.165, 1.54) is 23.5 Å². The molecule has 4 aromatic heterocycles. The maximum absolute atomic E-state index is 13.4. The van der Waals surface area contributed by atoms with E-state index in [0.717, 1.165) is 47.7 Å². The van der Waals surface area contributed by atoms with Crippen LogP contribution in [0.4, 0.5) is 15.5 Å². The zero-order valence-corrected chi connectivity index (χ0v) is 22.6. The first-order chi connectivity index (χ1) is 18.5. The highest BCUT2D eigenvalue weighted by atomic mass is 35.5. The summed E-state index contributed by atoms with van der Waals surface area (Å²) in [5, 5.41) is 13.6. The smallest absolute Gasteiger partial charge is 0.225 e. The molecule has 0 bridgehead atoms. The number of hydrogen-bond acceptors (Lipinski definition) is 9. The average Bonchev–Trinajstić information content (AvgIpc) is 3.51. The fourth-order valence-corrected chi connectivity index (χ4v) is 5.31. The molecule has 3 N–H and O–H groups in total. The Hall–Kier alpha value is -4.11. The Balaban J connectivity index is 0.00000308. The zero-order valence-electron chi connectivity index (χ0n) is 21.0. The van der Waals surface area contributed by atoms with E-state index < -0.39 is 0 Å². The molecule has 0 radical (unpaired) electrons. The Morgan fingerprint density at radius 2 is 1.79 bits per heavy atom. The fourth-order valence-electron chi connectivity index (χ4n) is 4.53. The molecule has 1 fully saturated rings. The Bertz CT molecular complexity index is 1650. The molecule has 198 valence electrons. The first-order valence-electron chi connectivity index (χ1n) is 12.3. The predicted octanol–water partition coefficient (Wildman–Crippen LogP) is 4.67. The van der Waals surface area contributed by atoms with Crippen LogP contribution in [0.1, 0.15) is 23.2 Å². The number of thiazole rings is 1. The lowest BCUT2D eigenvalue weighted by molar-refractivity contribution is 0.509. The van der Waals surface area contributed by atoms with Gasteiger partial charge < -0.3 is 20.4 Å². The summed E-state index contributed by atoms with van der Waals surface area (Å²) in [6, 6.07) is 12.4. The molecular weight excluding hydrogens is 537 g/mol. The van der Waals surface area contributed by atoms with Crippen molar-refractivity contribution in [1.29, 1.82) is 5.26 Å². The Morgan fingerprint density at radius 1 is 1.08 bits per heavy atom. The lowest BCUT2D eigenvalue weighted by Gasteiger charge is -2.36. The molecule has 12 heteroatoms. The van der Waals surface area contributed by atoms with E-state index in [1.807, 2.05) is 30.7 Å². The summed E-state index contributed by atoms with van der Waals surface area (Å²) in [6.07, 6.45) is 6.48. The van der Waals surface area contributed by atoms with Crippen LogP contribution in [-0.2, 0) is 13.0 Å². The summed E-state index contributed by atoms with van der Waals surface area (Å²) in [4.78, 5) is 21.0. The van der Waals surface area contributed by atoms with Gasteiger partial charge in [-0.1, -0.05) is 18.3 Å². The van der Waals surface area contributed by atoms with Crippen molar-refractivity contribution in [3.63, 3.8) is 0 Å². The van der Waals surface area contributed by atoms with E-state index in [0.29, 0.717) is 33.8 Å². The fraction of sp³-hybridized carbons (Fsp3) is 0.222. The van der Waals surface area contributed by atoms with Crippen LogP contribution < -0.4 is 16.0 Å². The number of anilines is 2. The number of nitriles is 1. The zero-order chi connectivity index (χ0) is 26.2. The number of pyridine rings is 1. The predicted molar refractivity (Wildman–Crippen MR) is 153 cm³/mol. The van der Waals surface area contributed by atoms with Gasteiger partial charge in [0.2, 0.25) is 5.95 Å². The van der Waals surface area contributed by atoms with Crippen LogP contribution in [0.3, 0.4) is 0 Å². The van der Waals surface area contributed by atoms with Gasteiger partial charge in [0.1, 0.15) is 28.1 Å². The van der Waals surface area contributed by atoms with E-state index in [2.05, 4.69) is 42.6 Å². The third kappa shape index (κ3) is 5.14. The number of nitrogens with two attached hydrogens (primary N) is 1. The molecule has 0 aliphatic carbocycles. The van der Waals surface area contributed by atoms with Gasteiger partial charge in [-0.3, -0.25) is 0 Å².